The summed E-state index contributed by atoms with van der Waals surface area (Å²) in [7, 11) is 0. The number of benzene rings is 1. The lowest BCUT2D eigenvalue weighted by molar-refractivity contribution is -0.144. The smallest absolute Gasteiger partial charge is 0.452 e. The standard InChI is InChI=1S/C10H4BrF3N2O3S/c11-4-1-2-6(5(3-4)7(17)18)19-9-15-8(16-20-9)10(12,13)14/h1-3H,(H,17,18). The van der Waals surface area contributed by atoms with Crippen LogP contribution in [-0.4, -0.2) is 20.4 Å². The number of carbonyl (C=O) groups is 1. The molecule has 5 nitrogen and oxygen atoms in total. The van der Waals surface area contributed by atoms with Crippen LogP contribution < -0.4 is 4.74 Å². The van der Waals surface area contributed by atoms with Crippen molar-refractivity contribution in [2.75, 3.05) is 0 Å². The van der Waals surface area contributed by atoms with Gasteiger partial charge in [0.1, 0.15) is 11.3 Å². The van der Waals surface area contributed by atoms with Crippen molar-refractivity contribution in [1.82, 2.24) is 9.36 Å². The fourth-order valence-electron chi connectivity index (χ4n) is 1.22. The largest absolute Gasteiger partial charge is 0.478 e. The quantitative estimate of drug-likeness (QED) is 0.891. The highest BCUT2D eigenvalue weighted by molar-refractivity contribution is 9.10. The molecular formula is C10H4BrF3N2O3S. The molecule has 0 spiro atoms. The summed E-state index contributed by atoms with van der Waals surface area (Å²) in [4.78, 5) is 14.2. The molecule has 2 rings (SSSR count). The van der Waals surface area contributed by atoms with Crippen molar-refractivity contribution in [3.63, 3.8) is 0 Å². The number of alkyl halides is 3. The number of carboxylic acids is 1. The Labute approximate surface area is 122 Å². The zero-order valence-corrected chi connectivity index (χ0v) is 11.7. The van der Waals surface area contributed by atoms with Crippen molar-refractivity contribution in [1.29, 1.82) is 0 Å². The van der Waals surface area contributed by atoms with Gasteiger partial charge >= 0.3 is 12.1 Å². The monoisotopic (exact) mass is 368 g/mol. The van der Waals surface area contributed by atoms with Crippen molar-refractivity contribution in [3.8, 4) is 10.9 Å². The first-order chi connectivity index (χ1) is 9.27. The third-order valence-corrected chi connectivity index (χ3v) is 3.12. The maximum Gasteiger partial charge on any atom is 0.452 e. The van der Waals surface area contributed by atoms with Crippen molar-refractivity contribution < 1.29 is 27.8 Å². The Bertz CT molecular complexity index is 659. The van der Waals surface area contributed by atoms with Crippen LogP contribution in [0.5, 0.6) is 10.9 Å². The van der Waals surface area contributed by atoms with Crippen LogP contribution in [0.4, 0.5) is 13.2 Å². The summed E-state index contributed by atoms with van der Waals surface area (Å²) in [5, 5.41) is 8.60. The van der Waals surface area contributed by atoms with E-state index < -0.39 is 18.0 Å². The molecule has 0 unspecified atom stereocenters. The summed E-state index contributed by atoms with van der Waals surface area (Å²) < 4.78 is 45.6. The lowest BCUT2D eigenvalue weighted by Crippen LogP contribution is -2.07. The van der Waals surface area contributed by atoms with Crippen molar-refractivity contribution in [2.24, 2.45) is 0 Å². The summed E-state index contributed by atoms with van der Waals surface area (Å²) in [5.41, 5.74) is -0.205. The fourth-order valence-corrected chi connectivity index (χ4v) is 2.14. The number of rotatable bonds is 3. The minimum absolute atomic E-state index is 0.120. The normalized spacial score (nSPS) is 11.4. The van der Waals surface area contributed by atoms with Crippen LogP contribution in [0.1, 0.15) is 16.2 Å². The molecule has 0 aliphatic rings. The Hall–Kier alpha value is -1.68. The summed E-state index contributed by atoms with van der Waals surface area (Å²) in [6.07, 6.45) is -4.67. The van der Waals surface area contributed by atoms with Crippen LogP contribution in [0.3, 0.4) is 0 Å². The second-order valence-corrected chi connectivity index (χ2v) is 5.06. The third kappa shape index (κ3) is 3.25. The number of carboxylic acid groups (broad SMARTS) is 1. The lowest BCUT2D eigenvalue weighted by Gasteiger charge is -2.05. The van der Waals surface area contributed by atoms with Crippen LogP contribution >= 0.6 is 27.5 Å². The molecule has 0 aliphatic heterocycles. The van der Waals surface area contributed by atoms with Gasteiger partial charge in [-0.3, -0.25) is 0 Å². The van der Waals surface area contributed by atoms with Gasteiger partial charge in [0.15, 0.2) is 0 Å². The molecule has 106 valence electrons. The topological polar surface area (TPSA) is 72.3 Å². The van der Waals surface area contributed by atoms with E-state index in [9.17, 15) is 18.0 Å². The molecule has 20 heavy (non-hydrogen) atoms. The number of nitrogens with zero attached hydrogens (tertiary/aromatic N) is 2. The van der Waals surface area contributed by atoms with Gasteiger partial charge in [0.2, 0.25) is 0 Å². The Morgan fingerprint density at radius 1 is 1.40 bits per heavy atom. The van der Waals surface area contributed by atoms with E-state index in [-0.39, 0.29) is 16.5 Å². The van der Waals surface area contributed by atoms with Crippen molar-refractivity contribution in [3.05, 3.63) is 34.1 Å². The number of hydrogen-bond donors (Lipinski definition) is 1. The van der Waals surface area contributed by atoms with Gasteiger partial charge in [-0.15, -0.1) is 0 Å². The van der Waals surface area contributed by atoms with E-state index in [0.717, 1.165) is 0 Å². The molecule has 1 heterocycles. The van der Waals surface area contributed by atoms with E-state index in [1.807, 2.05) is 0 Å². The fraction of sp³-hybridized carbons (Fsp3) is 0.100. The maximum absolute atomic E-state index is 12.3. The predicted octanol–water partition coefficient (Wildman–Crippen LogP) is 3.81. The molecule has 1 N–H and O–H groups in total. The number of aromatic nitrogens is 2. The molecule has 0 aliphatic carbocycles. The highest BCUT2D eigenvalue weighted by atomic mass is 79.9. The minimum Gasteiger partial charge on any atom is -0.478 e. The Balaban J connectivity index is 2.31. The van der Waals surface area contributed by atoms with Gasteiger partial charge in [0, 0.05) is 16.0 Å². The maximum atomic E-state index is 12.3. The van der Waals surface area contributed by atoms with E-state index in [0.29, 0.717) is 16.0 Å². The summed E-state index contributed by atoms with van der Waals surface area (Å²) >= 11 is 3.48. The third-order valence-electron chi connectivity index (χ3n) is 2.03. The molecule has 2 aromatic rings. The van der Waals surface area contributed by atoms with Crippen LogP contribution in [0, 0.1) is 0 Å². The van der Waals surface area contributed by atoms with E-state index in [1.165, 1.54) is 18.2 Å². The second kappa shape index (κ2) is 5.37. The zero-order valence-electron chi connectivity index (χ0n) is 9.31. The Morgan fingerprint density at radius 2 is 2.10 bits per heavy atom. The lowest BCUT2D eigenvalue weighted by atomic mass is 10.2. The highest BCUT2D eigenvalue weighted by Crippen LogP contribution is 2.33. The first-order valence-electron chi connectivity index (χ1n) is 4.89. The van der Waals surface area contributed by atoms with Gasteiger partial charge in [-0.25, -0.2) is 4.79 Å². The molecule has 0 bridgehead atoms. The van der Waals surface area contributed by atoms with E-state index >= 15 is 0 Å². The number of hydrogen-bond acceptors (Lipinski definition) is 5. The molecule has 1 aromatic heterocycles. The highest BCUT2D eigenvalue weighted by Gasteiger charge is 2.36. The van der Waals surface area contributed by atoms with Crippen LogP contribution in [0.25, 0.3) is 0 Å². The Kier molecular flexibility index (Phi) is 3.95. The Morgan fingerprint density at radius 3 is 2.65 bits per heavy atom. The van der Waals surface area contributed by atoms with Gasteiger partial charge in [-0.2, -0.15) is 22.5 Å². The summed E-state index contributed by atoms with van der Waals surface area (Å²) in [5.74, 6) is -2.72. The molecule has 0 saturated carbocycles. The van der Waals surface area contributed by atoms with Gasteiger partial charge in [-0.05, 0) is 18.2 Å². The van der Waals surface area contributed by atoms with Crippen molar-refractivity contribution in [2.45, 2.75) is 6.18 Å². The molecule has 0 radical (unpaired) electrons. The first kappa shape index (κ1) is 14.7. The van der Waals surface area contributed by atoms with Gasteiger partial charge in [0.25, 0.3) is 11.0 Å². The average Bonchev–Trinajstić information content (AvgIpc) is 2.79. The molecule has 0 amide bonds. The molecule has 1 aromatic carbocycles. The van der Waals surface area contributed by atoms with Crippen LogP contribution in [0.2, 0.25) is 0 Å². The molecule has 10 heteroatoms. The van der Waals surface area contributed by atoms with Gasteiger partial charge in [-0.1, -0.05) is 15.9 Å². The SMILES string of the molecule is O=C(O)c1cc(Br)ccc1Oc1nc(C(F)(F)F)ns1. The number of ether oxygens (including phenoxy) is 1. The summed E-state index contributed by atoms with van der Waals surface area (Å²) in [6, 6.07) is 4.07. The number of halogens is 4. The van der Waals surface area contributed by atoms with E-state index in [2.05, 4.69) is 25.3 Å². The van der Waals surface area contributed by atoms with Gasteiger partial charge < -0.3 is 9.84 Å². The van der Waals surface area contributed by atoms with Crippen LogP contribution in [0.15, 0.2) is 22.7 Å². The zero-order chi connectivity index (χ0) is 14.9. The van der Waals surface area contributed by atoms with Crippen molar-refractivity contribution >= 4 is 33.4 Å². The molecule has 0 saturated heterocycles. The van der Waals surface area contributed by atoms with E-state index in [4.69, 9.17) is 9.84 Å². The number of aromatic carboxylic acids is 1. The molecule has 0 fully saturated rings. The summed E-state index contributed by atoms with van der Waals surface area (Å²) in [6.45, 7) is 0. The molecule has 0 atom stereocenters. The molecular weight excluding hydrogens is 365 g/mol. The minimum atomic E-state index is -4.67. The van der Waals surface area contributed by atoms with Crippen LogP contribution in [-0.2, 0) is 6.18 Å². The predicted molar refractivity (Wildman–Crippen MR) is 66.1 cm³/mol. The first-order valence-corrected chi connectivity index (χ1v) is 6.45. The van der Waals surface area contributed by atoms with Gasteiger partial charge in [0.05, 0.1) is 0 Å². The van der Waals surface area contributed by atoms with E-state index in [1.54, 1.807) is 0 Å². The second-order valence-electron chi connectivity index (χ2n) is 3.43. The average molecular weight is 369 g/mol.